The van der Waals surface area contributed by atoms with E-state index in [1.54, 1.807) is 51.1 Å². The van der Waals surface area contributed by atoms with Gasteiger partial charge in [-0.05, 0) is 56.2 Å². The van der Waals surface area contributed by atoms with Crippen LogP contribution < -0.4 is 10.3 Å². The molecule has 284 valence electrons. The maximum atomic E-state index is 13.2. The maximum Gasteiger partial charge on any atom is 0.517 e. The van der Waals surface area contributed by atoms with Gasteiger partial charge in [0.15, 0.2) is 0 Å². The summed E-state index contributed by atoms with van der Waals surface area (Å²) in [6.07, 6.45) is -1.15. The van der Waals surface area contributed by atoms with Crippen LogP contribution in [0.3, 0.4) is 0 Å². The van der Waals surface area contributed by atoms with E-state index in [1.807, 2.05) is 36.4 Å². The molecular weight excluding hydrogens is 699 g/mol. The second kappa shape index (κ2) is 18.0. The summed E-state index contributed by atoms with van der Waals surface area (Å²) in [5.41, 5.74) is 3.09. The lowest BCUT2D eigenvalue weighted by Crippen LogP contribution is -2.47. The number of rotatable bonds is 11. The number of hydrogen-bond donors (Lipinski definition) is 1. The molecule has 1 aromatic heterocycles. The lowest BCUT2D eigenvalue weighted by atomic mass is 9.90. The van der Waals surface area contributed by atoms with Crippen LogP contribution in [0, 0.1) is 34.5 Å². The summed E-state index contributed by atoms with van der Waals surface area (Å²) in [6, 6.07) is 27.0. The molecule has 1 N–H and O–H groups in total. The van der Waals surface area contributed by atoms with Crippen LogP contribution >= 0.6 is 0 Å². The number of likely N-dealkylation sites (tertiary alicyclic amines) is 1. The molecule has 0 bridgehead atoms. The van der Waals surface area contributed by atoms with E-state index in [2.05, 4.69) is 49.8 Å². The molecule has 2 aliphatic heterocycles. The van der Waals surface area contributed by atoms with Gasteiger partial charge in [-0.2, -0.15) is 5.26 Å². The SMILES string of the molecule is CC(C)(C)C(=O)OC(OC(=O)Oc1c(C[C@H](CN2CC(C#N)C2)c2ccc(C#Cc3ccc(CN4CCOCC4)cc3)cc2)nc[nH]c1=O)c1ccccc1. The van der Waals surface area contributed by atoms with Crippen molar-refractivity contribution in [3.63, 3.8) is 0 Å². The molecule has 6 rings (SSSR count). The molecule has 2 fully saturated rings. The molecule has 2 aliphatic rings. The van der Waals surface area contributed by atoms with Gasteiger partial charge in [0.2, 0.25) is 5.75 Å². The van der Waals surface area contributed by atoms with Gasteiger partial charge in [-0.1, -0.05) is 66.4 Å². The highest BCUT2D eigenvalue weighted by Crippen LogP contribution is 2.29. The first-order valence-electron chi connectivity index (χ1n) is 18.4. The van der Waals surface area contributed by atoms with Gasteiger partial charge in [0.1, 0.15) is 0 Å². The molecule has 0 aliphatic carbocycles. The lowest BCUT2D eigenvalue weighted by Gasteiger charge is -2.37. The summed E-state index contributed by atoms with van der Waals surface area (Å²) in [5.74, 6) is 5.38. The van der Waals surface area contributed by atoms with Crippen LogP contribution in [0.25, 0.3) is 0 Å². The van der Waals surface area contributed by atoms with E-state index < -0.39 is 29.4 Å². The summed E-state index contributed by atoms with van der Waals surface area (Å²) in [6.45, 7) is 11.2. The smallest absolute Gasteiger partial charge is 0.420 e. The number of nitrogens with one attached hydrogen (secondary N) is 1. The van der Waals surface area contributed by atoms with Crippen molar-refractivity contribution in [2.24, 2.45) is 11.3 Å². The Hall–Kier alpha value is -5.79. The van der Waals surface area contributed by atoms with Crippen molar-refractivity contribution in [2.75, 3.05) is 45.9 Å². The summed E-state index contributed by atoms with van der Waals surface area (Å²) < 4.78 is 22.0. The van der Waals surface area contributed by atoms with Crippen molar-refractivity contribution in [2.45, 2.75) is 45.9 Å². The highest BCUT2D eigenvalue weighted by atomic mass is 16.8. The van der Waals surface area contributed by atoms with Crippen molar-refractivity contribution in [3.8, 4) is 23.7 Å². The minimum absolute atomic E-state index is 0.0389. The van der Waals surface area contributed by atoms with Gasteiger partial charge in [0.05, 0.1) is 42.6 Å². The first-order valence-corrected chi connectivity index (χ1v) is 18.4. The number of hydrogen-bond acceptors (Lipinski definition) is 11. The fourth-order valence-electron chi connectivity index (χ4n) is 6.24. The molecular formula is C43H45N5O7. The van der Waals surface area contributed by atoms with Gasteiger partial charge >= 0.3 is 12.1 Å². The number of aromatic amines is 1. The van der Waals surface area contributed by atoms with Gasteiger partial charge in [0.25, 0.3) is 11.8 Å². The number of carbonyl (C=O) groups is 2. The minimum atomic E-state index is -1.41. The van der Waals surface area contributed by atoms with Gasteiger partial charge in [-0.3, -0.25) is 14.5 Å². The third kappa shape index (κ3) is 10.9. The second-order valence-corrected chi connectivity index (χ2v) is 14.8. The number of nitrogens with zero attached hydrogens (tertiary/aromatic N) is 4. The Morgan fingerprint density at radius 3 is 2.20 bits per heavy atom. The zero-order chi connectivity index (χ0) is 38.8. The second-order valence-electron chi connectivity index (χ2n) is 14.8. The topological polar surface area (TPSA) is 147 Å². The van der Waals surface area contributed by atoms with Crippen molar-refractivity contribution in [3.05, 3.63) is 129 Å². The molecule has 0 spiro atoms. The minimum Gasteiger partial charge on any atom is -0.420 e. The molecule has 4 aromatic rings. The molecule has 12 heteroatoms. The quantitative estimate of drug-likeness (QED) is 0.117. The van der Waals surface area contributed by atoms with E-state index >= 15 is 0 Å². The fourth-order valence-corrected chi connectivity index (χ4v) is 6.24. The Balaban J connectivity index is 1.17. The number of benzene rings is 3. The van der Waals surface area contributed by atoms with E-state index in [0.717, 1.165) is 49.5 Å². The van der Waals surface area contributed by atoms with Gasteiger partial charge < -0.3 is 28.8 Å². The molecule has 0 amide bonds. The van der Waals surface area contributed by atoms with Crippen LogP contribution in [-0.2, 0) is 32.0 Å². The Morgan fingerprint density at radius 1 is 0.909 bits per heavy atom. The Kier molecular flexibility index (Phi) is 12.8. The van der Waals surface area contributed by atoms with Gasteiger partial charge in [-0.15, -0.1) is 0 Å². The number of ether oxygens (including phenoxy) is 4. The van der Waals surface area contributed by atoms with Crippen LogP contribution in [0.5, 0.6) is 5.75 Å². The van der Waals surface area contributed by atoms with E-state index in [1.165, 1.54) is 11.9 Å². The third-order valence-corrected chi connectivity index (χ3v) is 9.43. The zero-order valence-electron chi connectivity index (χ0n) is 31.3. The highest BCUT2D eigenvalue weighted by Gasteiger charge is 2.32. The monoisotopic (exact) mass is 743 g/mol. The zero-order valence-corrected chi connectivity index (χ0v) is 31.3. The Morgan fingerprint density at radius 2 is 1.56 bits per heavy atom. The third-order valence-electron chi connectivity index (χ3n) is 9.43. The number of H-pyrrole nitrogens is 1. The first-order chi connectivity index (χ1) is 26.5. The van der Waals surface area contributed by atoms with Crippen molar-refractivity contribution >= 4 is 12.1 Å². The number of nitriles is 1. The van der Waals surface area contributed by atoms with Crippen LogP contribution in [0.15, 0.2) is 90.0 Å². The van der Waals surface area contributed by atoms with Crippen LogP contribution in [0.4, 0.5) is 4.79 Å². The maximum absolute atomic E-state index is 13.2. The number of morpholine rings is 1. The van der Waals surface area contributed by atoms with Crippen LogP contribution in [0.1, 0.15) is 66.5 Å². The van der Waals surface area contributed by atoms with Crippen molar-refractivity contribution in [1.29, 1.82) is 5.26 Å². The average Bonchev–Trinajstić information content (AvgIpc) is 3.17. The van der Waals surface area contributed by atoms with E-state index in [-0.39, 0.29) is 29.7 Å². The van der Waals surface area contributed by atoms with Crippen molar-refractivity contribution in [1.82, 2.24) is 19.8 Å². The van der Waals surface area contributed by atoms with E-state index in [9.17, 15) is 19.6 Å². The largest absolute Gasteiger partial charge is 0.517 e. The van der Waals surface area contributed by atoms with Crippen molar-refractivity contribution < 1.29 is 28.5 Å². The van der Waals surface area contributed by atoms with E-state index in [4.69, 9.17) is 18.9 Å². The number of carbonyl (C=O) groups excluding carboxylic acids is 2. The molecule has 2 saturated heterocycles. The fraction of sp³-hybridized carbons (Fsp3) is 0.372. The van der Waals surface area contributed by atoms with Crippen LogP contribution in [-0.4, -0.2) is 77.8 Å². The molecule has 2 atom stereocenters. The van der Waals surface area contributed by atoms with E-state index in [0.29, 0.717) is 25.2 Å². The number of esters is 1. The molecule has 12 nitrogen and oxygen atoms in total. The molecule has 1 unspecified atom stereocenters. The first kappa shape index (κ1) is 38.9. The highest BCUT2D eigenvalue weighted by molar-refractivity contribution is 5.75. The average molecular weight is 744 g/mol. The lowest BCUT2D eigenvalue weighted by molar-refractivity contribution is -0.180. The molecule has 3 heterocycles. The standard InChI is InChI=1S/C43H45N5O7/c1-43(2,3)41(50)54-40(35-7-5-4-6-8-35)55-42(51)53-38-37(45-29-46-39(38)49)23-36(28-48-26-33(24-44)27-48)34-17-15-31(16-18-34)10-9-30-11-13-32(14-12-30)25-47-19-21-52-22-20-47/h4-8,11-18,29,33,36,40H,19-23,25-28H2,1-3H3,(H,45,46,49)/t36-,40?/m1/s1. The Labute approximate surface area is 321 Å². The molecule has 55 heavy (non-hydrogen) atoms. The molecule has 0 saturated carbocycles. The summed E-state index contributed by atoms with van der Waals surface area (Å²) in [5, 5.41) is 9.38. The summed E-state index contributed by atoms with van der Waals surface area (Å²) >= 11 is 0. The predicted octanol–water partition coefficient (Wildman–Crippen LogP) is 5.59. The summed E-state index contributed by atoms with van der Waals surface area (Å²) in [7, 11) is 0. The molecule has 0 radical (unpaired) electrons. The number of aromatic nitrogens is 2. The normalized spacial score (nSPS) is 16.0. The van der Waals surface area contributed by atoms with Gasteiger partial charge in [-0.25, -0.2) is 9.78 Å². The van der Waals surface area contributed by atoms with Crippen LogP contribution in [0.2, 0.25) is 0 Å². The predicted molar refractivity (Wildman–Crippen MR) is 204 cm³/mol. The van der Waals surface area contributed by atoms with Gasteiger partial charge in [0, 0.05) is 68.3 Å². The molecule has 3 aromatic carbocycles. The Bertz CT molecular complexity index is 2080. The summed E-state index contributed by atoms with van der Waals surface area (Å²) in [4.78, 5) is 50.5.